The van der Waals surface area contributed by atoms with Crippen molar-refractivity contribution in [2.45, 2.75) is 12.7 Å². The maximum absolute atomic E-state index is 11.1. The number of benzene rings is 2. The summed E-state index contributed by atoms with van der Waals surface area (Å²) in [5.74, 6) is 0.189. The van der Waals surface area contributed by atoms with Crippen LogP contribution in [0, 0.1) is 10.1 Å². The van der Waals surface area contributed by atoms with Crippen molar-refractivity contribution < 1.29 is 14.8 Å². The van der Waals surface area contributed by atoms with Crippen molar-refractivity contribution in [1.29, 1.82) is 0 Å². The number of ether oxygens (including phenoxy) is 1. The number of aliphatic hydroxyl groups is 1. The van der Waals surface area contributed by atoms with E-state index in [0.717, 1.165) is 5.56 Å². The lowest BCUT2D eigenvalue weighted by molar-refractivity contribution is -0.386. The van der Waals surface area contributed by atoms with Crippen molar-refractivity contribution in [1.82, 2.24) is 0 Å². The molecule has 2 aromatic carbocycles. The minimum Gasteiger partial charge on any atom is -0.482 e. The van der Waals surface area contributed by atoms with E-state index in [2.05, 4.69) is 15.9 Å². The van der Waals surface area contributed by atoms with Crippen molar-refractivity contribution in [2.24, 2.45) is 0 Å². The molecule has 1 atom stereocenters. The molecule has 2 aromatic rings. The highest BCUT2D eigenvalue weighted by molar-refractivity contribution is 9.09. The molecule has 0 spiro atoms. The van der Waals surface area contributed by atoms with Crippen LogP contribution in [0.25, 0.3) is 0 Å². The zero-order valence-corrected chi connectivity index (χ0v) is 12.7. The fourth-order valence-corrected chi connectivity index (χ4v) is 2.20. The van der Waals surface area contributed by atoms with Gasteiger partial charge in [-0.25, -0.2) is 0 Å². The van der Waals surface area contributed by atoms with Gasteiger partial charge < -0.3 is 9.84 Å². The summed E-state index contributed by atoms with van der Waals surface area (Å²) in [4.78, 5) is 10.6. The Kier molecular flexibility index (Phi) is 5.30. The molecule has 6 heteroatoms. The molecule has 110 valence electrons. The van der Waals surface area contributed by atoms with Gasteiger partial charge >= 0.3 is 5.69 Å². The van der Waals surface area contributed by atoms with E-state index in [1.54, 1.807) is 6.07 Å². The van der Waals surface area contributed by atoms with Crippen LogP contribution in [0.4, 0.5) is 5.69 Å². The van der Waals surface area contributed by atoms with Crippen molar-refractivity contribution in [3.05, 3.63) is 69.8 Å². The maximum atomic E-state index is 11.1. The van der Waals surface area contributed by atoms with Gasteiger partial charge in [0.15, 0.2) is 5.75 Å². The van der Waals surface area contributed by atoms with Gasteiger partial charge in [0.2, 0.25) is 0 Å². The summed E-state index contributed by atoms with van der Waals surface area (Å²) in [6.45, 7) is 0.252. The summed E-state index contributed by atoms with van der Waals surface area (Å²) in [5.41, 5.74) is 1.26. The lowest BCUT2D eigenvalue weighted by Crippen LogP contribution is -2.03. The Morgan fingerprint density at radius 1 is 1.24 bits per heavy atom. The van der Waals surface area contributed by atoms with E-state index in [0.29, 0.717) is 10.9 Å². The zero-order chi connectivity index (χ0) is 15.2. The molecule has 0 aliphatic rings. The Balaban J connectivity index is 2.20. The van der Waals surface area contributed by atoms with E-state index in [4.69, 9.17) is 4.74 Å². The quantitative estimate of drug-likeness (QED) is 0.490. The second-order valence-electron chi connectivity index (χ2n) is 4.43. The number of halogens is 1. The van der Waals surface area contributed by atoms with Crippen molar-refractivity contribution in [2.75, 3.05) is 5.33 Å². The van der Waals surface area contributed by atoms with Crippen molar-refractivity contribution in [3.63, 3.8) is 0 Å². The summed E-state index contributed by atoms with van der Waals surface area (Å²) in [5, 5.41) is 21.2. The van der Waals surface area contributed by atoms with Crippen LogP contribution >= 0.6 is 15.9 Å². The SMILES string of the molecule is O=[N+]([O-])c1cc([C@@H](O)CBr)ccc1OCc1ccccc1. The van der Waals surface area contributed by atoms with E-state index >= 15 is 0 Å². The second-order valence-corrected chi connectivity index (χ2v) is 5.08. The van der Waals surface area contributed by atoms with Gasteiger partial charge in [-0.2, -0.15) is 0 Å². The van der Waals surface area contributed by atoms with Gasteiger partial charge in [-0.1, -0.05) is 52.3 Å². The number of nitrogens with zero attached hydrogens (tertiary/aromatic N) is 1. The molecule has 21 heavy (non-hydrogen) atoms. The lowest BCUT2D eigenvalue weighted by atomic mass is 10.1. The molecule has 2 rings (SSSR count). The Labute approximate surface area is 130 Å². The fourth-order valence-electron chi connectivity index (χ4n) is 1.83. The van der Waals surface area contributed by atoms with Gasteiger partial charge in [0.05, 0.1) is 11.0 Å². The zero-order valence-electron chi connectivity index (χ0n) is 11.1. The van der Waals surface area contributed by atoms with Gasteiger partial charge in [-0.3, -0.25) is 10.1 Å². The number of hydrogen-bond donors (Lipinski definition) is 1. The predicted octanol–water partition coefficient (Wildman–Crippen LogP) is 3.60. The Morgan fingerprint density at radius 2 is 1.95 bits per heavy atom. The number of hydrogen-bond acceptors (Lipinski definition) is 4. The lowest BCUT2D eigenvalue weighted by Gasteiger charge is -2.10. The Hall–Kier alpha value is -1.92. The van der Waals surface area contributed by atoms with Crippen LogP contribution in [0.2, 0.25) is 0 Å². The smallest absolute Gasteiger partial charge is 0.311 e. The molecule has 0 radical (unpaired) electrons. The summed E-state index contributed by atoms with van der Waals surface area (Å²) in [7, 11) is 0. The van der Waals surface area contributed by atoms with Crippen LogP contribution in [0.1, 0.15) is 17.2 Å². The molecular weight excluding hydrogens is 338 g/mol. The second kappa shape index (κ2) is 7.19. The number of nitro groups is 1. The molecule has 0 unspecified atom stereocenters. The van der Waals surface area contributed by atoms with Crippen LogP contribution in [0.5, 0.6) is 5.75 Å². The molecule has 0 amide bonds. The Bertz CT molecular complexity index is 618. The number of aliphatic hydroxyl groups excluding tert-OH is 1. The Morgan fingerprint density at radius 3 is 2.57 bits per heavy atom. The van der Waals surface area contributed by atoms with E-state index < -0.39 is 11.0 Å². The maximum Gasteiger partial charge on any atom is 0.311 e. The molecule has 1 N–H and O–H groups in total. The van der Waals surface area contributed by atoms with Gasteiger partial charge in [0.25, 0.3) is 0 Å². The molecule has 0 aromatic heterocycles. The summed E-state index contributed by atoms with van der Waals surface area (Å²) in [6.07, 6.45) is -0.785. The van der Waals surface area contributed by atoms with Crippen LogP contribution in [-0.2, 0) is 6.61 Å². The van der Waals surface area contributed by atoms with Gasteiger partial charge in [-0.05, 0) is 17.2 Å². The molecule has 0 fully saturated rings. The minimum absolute atomic E-state index is 0.150. The molecule has 0 heterocycles. The molecule has 0 saturated carbocycles. The third-order valence-electron chi connectivity index (χ3n) is 2.95. The van der Waals surface area contributed by atoms with Crippen LogP contribution in [0.15, 0.2) is 48.5 Å². The standard InChI is InChI=1S/C15H14BrNO4/c16-9-14(18)12-6-7-15(13(8-12)17(19)20)21-10-11-4-2-1-3-5-11/h1-8,14,18H,9-10H2/t14-/m0/s1. The average molecular weight is 352 g/mol. The van der Waals surface area contributed by atoms with E-state index in [1.165, 1.54) is 12.1 Å². The van der Waals surface area contributed by atoms with Crippen molar-refractivity contribution >= 4 is 21.6 Å². The van der Waals surface area contributed by atoms with Crippen LogP contribution < -0.4 is 4.74 Å². The van der Waals surface area contributed by atoms with Gasteiger partial charge in [0.1, 0.15) is 6.61 Å². The number of rotatable bonds is 6. The first kappa shape index (κ1) is 15.5. The first-order chi connectivity index (χ1) is 10.1. The molecule has 5 nitrogen and oxygen atoms in total. The number of nitro benzene ring substituents is 1. The fraction of sp³-hybridized carbons (Fsp3) is 0.200. The third-order valence-corrected chi connectivity index (χ3v) is 3.56. The molecule has 0 bridgehead atoms. The monoisotopic (exact) mass is 351 g/mol. The largest absolute Gasteiger partial charge is 0.482 e. The minimum atomic E-state index is -0.785. The van der Waals surface area contributed by atoms with Gasteiger partial charge in [0, 0.05) is 11.4 Å². The van der Waals surface area contributed by atoms with Crippen molar-refractivity contribution in [3.8, 4) is 5.75 Å². The average Bonchev–Trinajstić information content (AvgIpc) is 2.52. The number of alkyl halides is 1. The summed E-state index contributed by atoms with van der Waals surface area (Å²) >= 11 is 3.14. The first-order valence-corrected chi connectivity index (χ1v) is 7.43. The first-order valence-electron chi connectivity index (χ1n) is 6.31. The third kappa shape index (κ3) is 4.03. The highest BCUT2D eigenvalue weighted by Gasteiger charge is 2.18. The van der Waals surface area contributed by atoms with Crippen LogP contribution in [-0.4, -0.2) is 15.4 Å². The molecule has 0 aliphatic carbocycles. The van der Waals surface area contributed by atoms with Crippen LogP contribution in [0.3, 0.4) is 0 Å². The summed E-state index contributed by atoms with van der Waals surface area (Å²) in [6, 6.07) is 13.9. The highest BCUT2D eigenvalue weighted by atomic mass is 79.9. The predicted molar refractivity (Wildman–Crippen MR) is 82.6 cm³/mol. The normalized spacial score (nSPS) is 11.9. The molecule has 0 saturated heterocycles. The van der Waals surface area contributed by atoms with Gasteiger partial charge in [-0.15, -0.1) is 0 Å². The highest BCUT2D eigenvalue weighted by Crippen LogP contribution is 2.31. The van der Waals surface area contributed by atoms with E-state index in [-0.39, 0.29) is 18.0 Å². The topological polar surface area (TPSA) is 72.6 Å². The van der Waals surface area contributed by atoms with E-state index in [1.807, 2.05) is 30.3 Å². The molecular formula is C15H14BrNO4. The summed E-state index contributed by atoms with van der Waals surface area (Å²) < 4.78 is 5.52. The van der Waals surface area contributed by atoms with E-state index in [9.17, 15) is 15.2 Å². The molecule has 0 aliphatic heterocycles.